The standard InChI is InChI=1S/C8H17NO2/c1-2-3-7-6-11-8(5-10)4-9-7/h7-10H,2-6H2,1H3. The molecule has 1 aliphatic heterocycles. The van der Waals surface area contributed by atoms with Gasteiger partial charge in [0.2, 0.25) is 0 Å². The van der Waals surface area contributed by atoms with E-state index in [2.05, 4.69) is 12.2 Å². The summed E-state index contributed by atoms with van der Waals surface area (Å²) in [5.41, 5.74) is 0. The summed E-state index contributed by atoms with van der Waals surface area (Å²) in [6.07, 6.45) is 2.37. The zero-order chi connectivity index (χ0) is 8.10. The molecule has 3 heteroatoms. The first-order valence-electron chi connectivity index (χ1n) is 4.32. The largest absolute Gasteiger partial charge is 0.394 e. The molecule has 0 amide bonds. The molecule has 11 heavy (non-hydrogen) atoms. The van der Waals surface area contributed by atoms with Crippen LogP contribution in [-0.4, -0.2) is 37.0 Å². The molecular weight excluding hydrogens is 142 g/mol. The Bertz CT molecular complexity index is 100. The molecule has 1 rings (SSSR count). The highest BCUT2D eigenvalue weighted by Gasteiger charge is 2.18. The van der Waals surface area contributed by atoms with Crippen LogP contribution in [0.15, 0.2) is 0 Å². The maximum Gasteiger partial charge on any atom is 0.0930 e. The molecule has 0 aromatic rings. The van der Waals surface area contributed by atoms with Crippen LogP contribution < -0.4 is 5.32 Å². The first-order chi connectivity index (χ1) is 5.36. The normalized spacial score (nSPS) is 32.2. The Morgan fingerprint density at radius 2 is 2.45 bits per heavy atom. The fourth-order valence-corrected chi connectivity index (χ4v) is 1.32. The molecular formula is C8H17NO2. The Balaban J connectivity index is 2.14. The van der Waals surface area contributed by atoms with Gasteiger partial charge in [-0.2, -0.15) is 0 Å². The predicted molar refractivity (Wildman–Crippen MR) is 43.5 cm³/mol. The lowest BCUT2D eigenvalue weighted by Gasteiger charge is -2.29. The lowest BCUT2D eigenvalue weighted by molar-refractivity contribution is -0.0267. The molecule has 1 heterocycles. The average Bonchev–Trinajstić information content (AvgIpc) is 2.07. The van der Waals surface area contributed by atoms with Crippen molar-refractivity contribution in [3.8, 4) is 0 Å². The average molecular weight is 159 g/mol. The molecule has 0 aromatic carbocycles. The summed E-state index contributed by atoms with van der Waals surface area (Å²) in [5, 5.41) is 12.1. The van der Waals surface area contributed by atoms with Crippen LogP contribution in [0.2, 0.25) is 0 Å². The van der Waals surface area contributed by atoms with Crippen LogP contribution in [0.4, 0.5) is 0 Å². The van der Waals surface area contributed by atoms with Gasteiger partial charge in [-0.1, -0.05) is 13.3 Å². The molecule has 1 fully saturated rings. The van der Waals surface area contributed by atoms with Gasteiger partial charge in [-0.05, 0) is 6.42 Å². The Morgan fingerprint density at radius 3 is 2.91 bits per heavy atom. The SMILES string of the molecule is CCCC1COC(CO)CN1. The maximum atomic E-state index is 8.74. The zero-order valence-electron chi connectivity index (χ0n) is 7.05. The Morgan fingerprint density at radius 1 is 1.64 bits per heavy atom. The van der Waals surface area contributed by atoms with Crippen molar-refractivity contribution in [2.24, 2.45) is 0 Å². The van der Waals surface area contributed by atoms with Crippen LogP contribution in [0.3, 0.4) is 0 Å². The lowest BCUT2D eigenvalue weighted by Crippen LogP contribution is -2.47. The lowest BCUT2D eigenvalue weighted by atomic mass is 10.1. The summed E-state index contributed by atoms with van der Waals surface area (Å²) in [5.74, 6) is 0. The molecule has 1 aliphatic rings. The summed E-state index contributed by atoms with van der Waals surface area (Å²) >= 11 is 0. The van der Waals surface area contributed by atoms with E-state index in [1.807, 2.05) is 0 Å². The van der Waals surface area contributed by atoms with Crippen LogP contribution in [0.5, 0.6) is 0 Å². The molecule has 1 saturated heterocycles. The molecule has 0 aliphatic carbocycles. The molecule has 2 unspecified atom stereocenters. The van der Waals surface area contributed by atoms with E-state index >= 15 is 0 Å². The van der Waals surface area contributed by atoms with Crippen molar-refractivity contribution in [3.63, 3.8) is 0 Å². The van der Waals surface area contributed by atoms with E-state index in [4.69, 9.17) is 9.84 Å². The topological polar surface area (TPSA) is 41.5 Å². The predicted octanol–water partition coefficient (Wildman–Crippen LogP) is 0.136. The van der Waals surface area contributed by atoms with E-state index in [9.17, 15) is 0 Å². The van der Waals surface area contributed by atoms with E-state index in [0.717, 1.165) is 19.6 Å². The van der Waals surface area contributed by atoms with Gasteiger partial charge in [0.25, 0.3) is 0 Å². The van der Waals surface area contributed by atoms with E-state index in [-0.39, 0.29) is 12.7 Å². The third kappa shape index (κ3) is 2.77. The highest BCUT2D eigenvalue weighted by Crippen LogP contribution is 2.05. The van der Waals surface area contributed by atoms with Crippen molar-refractivity contribution in [1.29, 1.82) is 0 Å². The van der Waals surface area contributed by atoms with Crippen molar-refractivity contribution < 1.29 is 9.84 Å². The summed E-state index contributed by atoms with van der Waals surface area (Å²) in [6.45, 7) is 3.84. The van der Waals surface area contributed by atoms with E-state index in [1.54, 1.807) is 0 Å². The third-order valence-corrected chi connectivity index (χ3v) is 2.01. The number of aliphatic hydroxyl groups is 1. The molecule has 2 N–H and O–H groups in total. The zero-order valence-corrected chi connectivity index (χ0v) is 7.05. The quantitative estimate of drug-likeness (QED) is 0.615. The van der Waals surface area contributed by atoms with Gasteiger partial charge < -0.3 is 15.2 Å². The molecule has 0 saturated carbocycles. The first kappa shape index (κ1) is 8.97. The van der Waals surface area contributed by atoms with Crippen LogP contribution in [0, 0.1) is 0 Å². The van der Waals surface area contributed by atoms with Gasteiger partial charge in [0, 0.05) is 12.6 Å². The van der Waals surface area contributed by atoms with Crippen LogP contribution in [0.25, 0.3) is 0 Å². The molecule has 2 atom stereocenters. The molecule has 0 spiro atoms. The monoisotopic (exact) mass is 159 g/mol. The van der Waals surface area contributed by atoms with Crippen LogP contribution >= 0.6 is 0 Å². The van der Waals surface area contributed by atoms with Crippen molar-refractivity contribution in [3.05, 3.63) is 0 Å². The minimum atomic E-state index is 0.0168. The summed E-state index contributed by atoms with van der Waals surface area (Å²) < 4.78 is 5.38. The van der Waals surface area contributed by atoms with Crippen molar-refractivity contribution in [2.45, 2.75) is 31.9 Å². The number of hydrogen-bond donors (Lipinski definition) is 2. The fraction of sp³-hybridized carbons (Fsp3) is 1.00. The Labute approximate surface area is 67.7 Å². The van der Waals surface area contributed by atoms with Gasteiger partial charge in [0.1, 0.15) is 0 Å². The summed E-state index contributed by atoms with van der Waals surface area (Å²) in [4.78, 5) is 0. The second kappa shape index (κ2) is 4.70. The smallest absolute Gasteiger partial charge is 0.0930 e. The number of rotatable bonds is 3. The van der Waals surface area contributed by atoms with Crippen LogP contribution in [0.1, 0.15) is 19.8 Å². The molecule has 3 nitrogen and oxygen atoms in total. The van der Waals surface area contributed by atoms with Gasteiger partial charge in [0.05, 0.1) is 19.3 Å². The van der Waals surface area contributed by atoms with Crippen molar-refractivity contribution >= 4 is 0 Å². The van der Waals surface area contributed by atoms with Gasteiger partial charge in [0.15, 0.2) is 0 Å². The second-order valence-electron chi connectivity index (χ2n) is 3.03. The first-order valence-corrected chi connectivity index (χ1v) is 4.32. The van der Waals surface area contributed by atoms with Gasteiger partial charge in [-0.3, -0.25) is 0 Å². The highest BCUT2D eigenvalue weighted by atomic mass is 16.5. The molecule has 0 aromatic heterocycles. The van der Waals surface area contributed by atoms with Gasteiger partial charge in [-0.15, -0.1) is 0 Å². The molecule has 0 bridgehead atoms. The number of aliphatic hydroxyl groups excluding tert-OH is 1. The summed E-state index contributed by atoms with van der Waals surface area (Å²) in [7, 11) is 0. The Hall–Kier alpha value is -0.120. The number of nitrogens with one attached hydrogen (secondary N) is 1. The number of morpholine rings is 1. The molecule has 0 radical (unpaired) electrons. The second-order valence-corrected chi connectivity index (χ2v) is 3.03. The minimum absolute atomic E-state index is 0.0168. The Kier molecular flexibility index (Phi) is 3.83. The summed E-state index contributed by atoms with van der Waals surface area (Å²) in [6, 6.07) is 0.503. The van der Waals surface area contributed by atoms with Gasteiger partial charge in [-0.25, -0.2) is 0 Å². The van der Waals surface area contributed by atoms with Gasteiger partial charge >= 0.3 is 0 Å². The number of ether oxygens (including phenoxy) is 1. The fourth-order valence-electron chi connectivity index (χ4n) is 1.32. The minimum Gasteiger partial charge on any atom is -0.394 e. The van der Waals surface area contributed by atoms with E-state index < -0.39 is 0 Å². The van der Waals surface area contributed by atoms with E-state index in [0.29, 0.717) is 6.04 Å². The maximum absolute atomic E-state index is 8.74. The molecule has 66 valence electrons. The van der Waals surface area contributed by atoms with E-state index in [1.165, 1.54) is 6.42 Å². The van der Waals surface area contributed by atoms with Crippen LogP contribution in [-0.2, 0) is 4.74 Å². The third-order valence-electron chi connectivity index (χ3n) is 2.01. The van der Waals surface area contributed by atoms with Crippen molar-refractivity contribution in [2.75, 3.05) is 19.8 Å². The number of hydrogen-bond acceptors (Lipinski definition) is 3. The van der Waals surface area contributed by atoms with Crippen molar-refractivity contribution in [1.82, 2.24) is 5.32 Å². The highest BCUT2D eigenvalue weighted by molar-refractivity contribution is 4.74.